The Bertz CT molecular complexity index is 1320. The van der Waals surface area contributed by atoms with E-state index in [9.17, 15) is 9.90 Å². The van der Waals surface area contributed by atoms with Crippen LogP contribution in [0, 0.1) is 6.92 Å². The second-order valence-electron chi connectivity index (χ2n) is 9.22. The Morgan fingerprint density at radius 1 is 0.970 bits per heavy atom. The Hall–Kier alpha value is -3.43. The van der Waals surface area contributed by atoms with Crippen molar-refractivity contribution < 1.29 is 9.90 Å². The molecule has 0 aliphatic heterocycles. The van der Waals surface area contributed by atoms with Crippen molar-refractivity contribution >= 4 is 16.7 Å². The summed E-state index contributed by atoms with van der Waals surface area (Å²) in [4.78, 5) is 11.8. The number of nitrogens with one attached hydrogen (secondary N) is 1. The highest BCUT2D eigenvalue weighted by molar-refractivity contribution is 5.89. The Kier molecular flexibility index (Phi) is 5.74. The molecule has 2 N–H and O–H groups in total. The topological polar surface area (TPSA) is 49.3 Å². The van der Waals surface area contributed by atoms with Gasteiger partial charge in [0.15, 0.2) is 0 Å². The van der Waals surface area contributed by atoms with Crippen LogP contribution in [0.1, 0.15) is 63.5 Å². The number of hydrogen-bond acceptors (Lipinski definition) is 2. The van der Waals surface area contributed by atoms with Crippen molar-refractivity contribution in [3.8, 4) is 0 Å². The van der Waals surface area contributed by atoms with Gasteiger partial charge in [0.25, 0.3) is 0 Å². The van der Waals surface area contributed by atoms with Crippen LogP contribution in [0.4, 0.5) is 0 Å². The maximum atomic E-state index is 11.8. The Balaban J connectivity index is 1.47. The summed E-state index contributed by atoms with van der Waals surface area (Å²) >= 11 is 0. The molecule has 3 heteroatoms. The summed E-state index contributed by atoms with van der Waals surface area (Å²) in [7, 11) is 0. The van der Waals surface area contributed by atoms with Crippen molar-refractivity contribution in [2.45, 2.75) is 44.7 Å². The summed E-state index contributed by atoms with van der Waals surface area (Å²) in [6.45, 7) is 4.10. The van der Waals surface area contributed by atoms with Crippen molar-refractivity contribution in [2.75, 3.05) is 0 Å². The highest BCUT2D eigenvalue weighted by atomic mass is 16.4. The summed E-state index contributed by atoms with van der Waals surface area (Å²) in [6.07, 6.45) is 1.91. The third-order valence-corrected chi connectivity index (χ3v) is 7.09. The van der Waals surface area contributed by atoms with Gasteiger partial charge in [-0.05, 0) is 71.3 Å². The van der Waals surface area contributed by atoms with Gasteiger partial charge in [-0.15, -0.1) is 0 Å². The van der Waals surface area contributed by atoms with E-state index >= 15 is 0 Å². The molecule has 2 unspecified atom stereocenters. The van der Waals surface area contributed by atoms with E-state index in [-0.39, 0.29) is 12.0 Å². The van der Waals surface area contributed by atoms with E-state index in [1.165, 1.54) is 27.5 Å². The van der Waals surface area contributed by atoms with E-state index in [1.54, 1.807) is 0 Å². The molecule has 0 spiro atoms. The maximum Gasteiger partial charge on any atom is 0.335 e. The van der Waals surface area contributed by atoms with Crippen LogP contribution < -0.4 is 5.32 Å². The standard InChI is InChI=1S/C30H29NO2/c1-19-14-15-23(17-28(19)30(32)33)29-18-24(16-22-9-4-6-12-27(22)29)31-20(2)25-13-7-10-21-8-3-5-11-26(21)25/h3-15,17,20,24,29,31H,16,18H2,1-2H3,(H,32,33)/t20-,24?,29?/m1/s1. The molecule has 0 aromatic heterocycles. The fourth-order valence-corrected chi connectivity index (χ4v) is 5.42. The van der Waals surface area contributed by atoms with Crippen LogP contribution in [0.2, 0.25) is 0 Å². The highest BCUT2D eigenvalue weighted by Crippen LogP contribution is 2.38. The number of carboxylic acid groups (broad SMARTS) is 1. The van der Waals surface area contributed by atoms with Gasteiger partial charge in [-0.2, -0.15) is 0 Å². The van der Waals surface area contributed by atoms with E-state index in [1.807, 2.05) is 19.1 Å². The van der Waals surface area contributed by atoms with Gasteiger partial charge in [0.1, 0.15) is 0 Å². The minimum Gasteiger partial charge on any atom is -0.478 e. The quantitative estimate of drug-likeness (QED) is 0.369. The molecule has 0 bridgehead atoms. The van der Waals surface area contributed by atoms with E-state index in [0.717, 1.165) is 24.0 Å². The van der Waals surface area contributed by atoms with Crippen LogP contribution in [0.15, 0.2) is 84.9 Å². The molecule has 5 rings (SSSR count). The largest absolute Gasteiger partial charge is 0.478 e. The van der Waals surface area contributed by atoms with Crippen LogP contribution in [0.3, 0.4) is 0 Å². The minimum absolute atomic E-state index is 0.172. The lowest BCUT2D eigenvalue weighted by Crippen LogP contribution is -2.38. The summed E-state index contributed by atoms with van der Waals surface area (Å²) in [5.41, 5.74) is 6.24. The third kappa shape index (κ3) is 4.17. The Morgan fingerprint density at radius 2 is 1.73 bits per heavy atom. The van der Waals surface area contributed by atoms with Gasteiger partial charge in [0.05, 0.1) is 5.56 Å². The zero-order chi connectivity index (χ0) is 22.9. The summed E-state index contributed by atoms with van der Waals surface area (Å²) in [5, 5.41) is 16.1. The molecule has 0 saturated heterocycles. The number of aryl methyl sites for hydroxylation is 1. The Morgan fingerprint density at radius 3 is 2.58 bits per heavy atom. The fourth-order valence-electron chi connectivity index (χ4n) is 5.42. The first-order valence-electron chi connectivity index (χ1n) is 11.7. The summed E-state index contributed by atoms with van der Waals surface area (Å²) < 4.78 is 0. The number of rotatable bonds is 5. The maximum absolute atomic E-state index is 11.8. The van der Waals surface area contributed by atoms with Crippen molar-refractivity contribution in [2.24, 2.45) is 0 Å². The molecule has 0 radical (unpaired) electrons. The molecule has 0 saturated carbocycles. The average Bonchev–Trinajstić information content (AvgIpc) is 2.83. The number of benzene rings is 4. The first kappa shape index (κ1) is 21.4. The molecule has 0 heterocycles. The zero-order valence-electron chi connectivity index (χ0n) is 19.1. The molecular weight excluding hydrogens is 406 g/mol. The lowest BCUT2D eigenvalue weighted by Gasteiger charge is -2.34. The van der Waals surface area contributed by atoms with Crippen molar-refractivity contribution in [1.29, 1.82) is 0 Å². The van der Waals surface area contributed by atoms with E-state index in [2.05, 4.69) is 85.0 Å². The van der Waals surface area contributed by atoms with Crippen molar-refractivity contribution in [1.82, 2.24) is 5.32 Å². The Labute approximate surface area is 195 Å². The minimum atomic E-state index is -0.863. The predicted octanol–water partition coefficient (Wildman–Crippen LogP) is 6.64. The third-order valence-electron chi connectivity index (χ3n) is 7.09. The zero-order valence-corrected chi connectivity index (χ0v) is 19.1. The first-order valence-corrected chi connectivity index (χ1v) is 11.7. The number of carbonyl (C=O) groups is 1. The molecular formula is C30H29NO2. The molecule has 4 aromatic rings. The molecule has 3 atom stereocenters. The van der Waals surface area contributed by atoms with E-state index < -0.39 is 5.97 Å². The van der Waals surface area contributed by atoms with Crippen molar-refractivity contribution in [3.63, 3.8) is 0 Å². The van der Waals surface area contributed by atoms with Crippen LogP contribution in [0.25, 0.3) is 10.8 Å². The smallest absolute Gasteiger partial charge is 0.335 e. The van der Waals surface area contributed by atoms with Crippen LogP contribution in [-0.4, -0.2) is 17.1 Å². The second kappa shape index (κ2) is 8.84. The molecule has 166 valence electrons. The normalized spacial score (nSPS) is 18.6. The first-order chi connectivity index (χ1) is 16.0. The van der Waals surface area contributed by atoms with Gasteiger partial charge in [-0.3, -0.25) is 0 Å². The molecule has 0 fully saturated rings. The molecule has 33 heavy (non-hydrogen) atoms. The lowest BCUT2D eigenvalue weighted by molar-refractivity contribution is 0.0696. The van der Waals surface area contributed by atoms with Gasteiger partial charge >= 0.3 is 5.97 Å². The van der Waals surface area contributed by atoms with Gasteiger partial charge in [0, 0.05) is 18.0 Å². The van der Waals surface area contributed by atoms with Crippen molar-refractivity contribution in [3.05, 3.63) is 118 Å². The predicted molar refractivity (Wildman–Crippen MR) is 134 cm³/mol. The molecule has 0 amide bonds. The lowest BCUT2D eigenvalue weighted by atomic mass is 9.76. The van der Waals surface area contributed by atoms with E-state index in [0.29, 0.717) is 11.6 Å². The second-order valence-corrected chi connectivity index (χ2v) is 9.22. The van der Waals surface area contributed by atoms with E-state index in [4.69, 9.17) is 0 Å². The molecule has 3 nitrogen and oxygen atoms in total. The van der Waals surface area contributed by atoms with Crippen LogP contribution in [0.5, 0.6) is 0 Å². The van der Waals surface area contributed by atoms with Gasteiger partial charge < -0.3 is 10.4 Å². The number of carboxylic acids is 1. The molecule has 4 aromatic carbocycles. The number of fused-ring (bicyclic) bond motifs is 2. The van der Waals surface area contributed by atoms with Crippen LogP contribution >= 0.6 is 0 Å². The van der Waals surface area contributed by atoms with Gasteiger partial charge in [-0.1, -0.05) is 78.9 Å². The molecule has 1 aliphatic rings. The molecule has 1 aliphatic carbocycles. The highest BCUT2D eigenvalue weighted by Gasteiger charge is 2.29. The summed E-state index contributed by atoms with van der Waals surface area (Å²) in [5.74, 6) is -0.691. The van der Waals surface area contributed by atoms with Crippen LogP contribution in [-0.2, 0) is 6.42 Å². The summed E-state index contributed by atoms with van der Waals surface area (Å²) in [6, 6.07) is 30.1. The number of hydrogen-bond donors (Lipinski definition) is 2. The number of aromatic carboxylic acids is 1. The fraction of sp³-hybridized carbons (Fsp3) is 0.233. The SMILES string of the molecule is Cc1ccc(C2CC(N[C@H](C)c3cccc4ccccc34)Cc3ccccc32)cc1C(=O)O. The average molecular weight is 436 g/mol. The monoisotopic (exact) mass is 435 g/mol. The van der Waals surface area contributed by atoms with Gasteiger partial charge in [-0.25, -0.2) is 4.79 Å². The van der Waals surface area contributed by atoms with Gasteiger partial charge in [0.2, 0.25) is 0 Å².